The topological polar surface area (TPSA) is 122 Å². The molecule has 134 valence electrons. The van der Waals surface area contributed by atoms with Crippen molar-refractivity contribution in [2.45, 2.75) is 18.6 Å². The van der Waals surface area contributed by atoms with Crippen LogP contribution in [-0.4, -0.2) is 35.3 Å². The van der Waals surface area contributed by atoms with Gasteiger partial charge in [-0.2, -0.15) is 13.2 Å². The lowest BCUT2D eigenvalue weighted by molar-refractivity contribution is -0.138. The summed E-state index contributed by atoms with van der Waals surface area (Å²) < 4.78 is 38.5. The molecule has 4 N–H and O–H groups in total. The Bertz CT molecular complexity index is 765. The van der Waals surface area contributed by atoms with Crippen LogP contribution in [0.15, 0.2) is 24.3 Å². The Labute approximate surface area is 139 Å². The summed E-state index contributed by atoms with van der Waals surface area (Å²) in [5, 5.41) is 3.94. The van der Waals surface area contributed by atoms with Crippen molar-refractivity contribution in [2.75, 3.05) is 6.54 Å². The van der Waals surface area contributed by atoms with E-state index in [4.69, 9.17) is 5.73 Å². The van der Waals surface area contributed by atoms with Crippen molar-refractivity contribution in [1.82, 2.24) is 15.5 Å². The first-order valence-corrected chi connectivity index (χ1v) is 6.86. The van der Waals surface area contributed by atoms with Crippen LogP contribution in [0, 0.1) is 0 Å². The predicted molar refractivity (Wildman–Crippen MR) is 76.8 cm³/mol. The lowest BCUT2D eigenvalue weighted by Gasteiger charge is -2.23. The normalized spacial score (nSPS) is 20.4. The van der Waals surface area contributed by atoms with Crippen molar-refractivity contribution >= 4 is 23.9 Å². The molecule has 0 aromatic heterocycles. The summed E-state index contributed by atoms with van der Waals surface area (Å²) in [4.78, 5) is 47.0. The van der Waals surface area contributed by atoms with E-state index in [9.17, 15) is 32.3 Å². The molecule has 1 atom stereocenters. The number of rotatable bonds is 3. The molecule has 0 saturated carbocycles. The van der Waals surface area contributed by atoms with Gasteiger partial charge in [-0.05, 0) is 24.6 Å². The number of nitrogens with zero attached hydrogens (tertiary/aromatic N) is 1. The zero-order valence-corrected chi connectivity index (χ0v) is 12.8. The predicted octanol–water partition coefficient (Wildman–Crippen LogP) is 0.667. The third kappa shape index (κ3) is 3.54. The van der Waals surface area contributed by atoms with Gasteiger partial charge >= 0.3 is 18.2 Å². The van der Waals surface area contributed by atoms with Gasteiger partial charge in [0.2, 0.25) is 5.91 Å². The Morgan fingerprint density at radius 3 is 2.52 bits per heavy atom. The van der Waals surface area contributed by atoms with Gasteiger partial charge in [0, 0.05) is 0 Å². The molecule has 0 radical (unpaired) electrons. The molecular weight excluding hydrogens is 345 g/mol. The molecule has 0 aliphatic carbocycles. The number of halogens is 3. The fourth-order valence-electron chi connectivity index (χ4n) is 2.36. The average molecular weight is 358 g/mol. The Morgan fingerprint density at radius 1 is 1.32 bits per heavy atom. The van der Waals surface area contributed by atoms with E-state index >= 15 is 0 Å². The zero-order valence-electron chi connectivity index (χ0n) is 12.8. The van der Waals surface area contributed by atoms with Gasteiger partial charge in [0.15, 0.2) is 0 Å². The molecule has 1 saturated heterocycles. The fraction of sp³-hybridized carbons (Fsp3) is 0.286. The van der Waals surface area contributed by atoms with Crippen LogP contribution in [0.2, 0.25) is 0 Å². The molecule has 0 spiro atoms. The molecule has 1 heterocycles. The number of benzene rings is 1. The number of urea groups is 2. The average Bonchev–Trinajstić information content (AvgIpc) is 2.70. The van der Waals surface area contributed by atoms with Crippen LogP contribution < -0.4 is 16.4 Å². The lowest BCUT2D eigenvalue weighted by Crippen LogP contribution is -2.45. The third-order valence-electron chi connectivity index (χ3n) is 3.61. The molecule has 1 fully saturated rings. The van der Waals surface area contributed by atoms with Crippen LogP contribution in [0.25, 0.3) is 0 Å². The SMILES string of the molecule is CC1(c2cccc(C(F)(F)F)c2)NC(=O)N(CC(=O)NC(N)=O)C1=O. The third-order valence-corrected chi connectivity index (χ3v) is 3.61. The van der Waals surface area contributed by atoms with Crippen molar-refractivity contribution in [3.05, 3.63) is 35.4 Å². The van der Waals surface area contributed by atoms with Crippen molar-refractivity contribution in [3.63, 3.8) is 0 Å². The second-order valence-electron chi connectivity index (χ2n) is 5.44. The molecule has 2 rings (SSSR count). The molecule has 8 nitrogen and oxygen atoms in total. The molecule has 11 heteroatoms. The van der Waals surface area contributed by atoms with E-state index in [0.29, 0.717) is 4.90 Å². The quantitative estimate of drug-likeness (QED) is 0.688. The summed E-state index contributed by atoms with van der Waals surface area (Å²) >= 11 is 0. The molecule has 1 unspecified atom stereocenters. The summed E-state index contributed by atoms with van der Waals surface area (Å²) in [6.45, 7) is 0.414. The minimum absolute atomic E-state index is 0.0986. The maximum absolute atomic E-state index is 12.8. The molecule has 1 aliphatic rings. The van der Waals surface area contributed by atoms with Gasteiger partial charge in [0.1, 0.15) is 12.1 Å². The maximum atomic E-state index is 12.8. The maximum Gasteiger partial charge on any atom is 0.416 e. The van der Waals surface area contributed by atoms with Crippen LogP contribution in [0.5, 0.6) is 0 Å². The van der Waals surface area contributed by atoms with Crippen molar-refractivity contribution < 1.29 is 32.3 Å². The van der Waals surface area contributed by atoms with E-state index in [1.807, 2.05) is 0 Å². The number of hydrogen-bond donors (Lipinski definition) is 3. The number of primary amides is 1. The minimum Gasteiger partial charge on any atom is -0.351 e. The van der Waals surface area contributed by atoms with Crippen molar-refractivity contribution in [3.8, 4) is 0 Å². The van der Waals surface area contributed by atoms with Crippen LogP contribution in [0.1, 0.15) is 18.1 Å². The number of carbonyl (C=O) groups is 4. The number of hydrogen-bond acceptors (Lipinski definition) is 4. The van der Waals surface area contributed by atoms with E-state index in [1.54, 1.807) is 5.32 Å². The summed E-state index contributed by atoms with van der Waals surface area (Å²) in [6.07, 6.45) is -4.63. The Kier molecular flexibility index (Phi) is 4.43. The van der Waals surface area contributed by atoms with E-state index in [-0.39, 0.29) is 5.56 Å². The highest BCUT2D eigenvalue weighted by Gasteiger charge is 2.50. The zero-order chi connectivity index (χ0) is 19.0. The molecule has 1 aliphatic heterocycles. The molecule has 6 amide bonds. The summed E-state index contributed by atoms with van der Waals surface area (Å²) in [5.74, 6) is -1.94. The smallest absolute Gasteiger partial charge is 0.351 e. The number of carbonyl (C=O) groups excluding carboxylic acids is 4. The summed E-state index contributed by atoms with van der Waals surface area (Å²) in [7, 11) is 0. The van der Waals surface area contributed by atoms with Crippen LogP contribution in [0.4, 0.5) is 22.8 Å². The van der Waals surface area contributed by atoms with Gasteiger partial charge in [-0.1, -0.05) is 12.1 Å². The van der Waals surface area contributed by atoms with E-state index in [2.05, 4.69) is 5.32 Å². The Morgan fingerprint density at radius 2 is 1.96 bits per heavy atom. The van der Waals surface area contributed by atoms with Gasteiger partial charge in [-0.3, -0.25) is 19.8 Å². The molecular formula is C14H13F3N4O4. The second-order valence-corrected chi connectivity index (χ2v) is 5.44. The molecule has 0 bridgehead atoms. The van der Waals surface area contributed by atoms with Gasteiger partial charge in [0.25, 0.3) is 5.91 Å². The minimum atomic E-state index is -4.63. The largest absolute Gasteiger partial charge is 0.416 e. The number of alkyl halides is 3. The summed E-state index contributed by atoms with van der Waals surface area (Å²) in [6, 6.07) is 1.77. The van der Waals surface area contributed by atoms with E-state index in [0.717, 1.165) is 18.2 Å². The number of nitrogens with one attached hydrogen (secondary N) is 2. The first kappa shape index (κ1) is 18.2. The first-order valence-electron chi connectivity index (χ1n) is 6.86. The second kappa shape index (κ2) is 6.07. The summed E-state index contributed by atoms with van der Waals surface area (Å²) in [5.41, 5.74) is 1.88. The van der Waals surface area contributed by atoms with Gasteiger partial charge in [-0.15, -0.1) is 0 Å². The van der Waals surface area contributed by atoms with Crippen LogP contribution >= 0.6 is 0 Å². The van der Waals surface area contributed by atoms with Gasteiger partial charge in [-0.25, -0.2) is 9.59 Å². The van der Waals surface area contributed by atoms with E-state index < -0.39 is 47.7 Å². The lowest BCUT2D eigenvalue weighted by atomic mass is 9.90. The van der Waals surface area contributed by atoms with Crippen LogP contribution in [0.3, 0.4) is 0 Å². The van der Waals surface area contributed by atoms with E-state index in [1.165, 1.54) is 13.0 Å². The molecule has 1 aromatic rings. The standard InChI is InChI=1S/C14H13F3N4O4/c1-13(7-3-2-4-8(5-7)14(15,16)17)10(23)21(12(25)20-13)6-9(22)19-11(18)24/h2-5H,6H2,1H3,(H,20,25)(H3,18,19,22,24). The van der Waals surface area contributed by atoms with Gasteiger partial charge in [0.05, 0.1) is 5.56 Å². The molecule has 25 heavy (non-hydrogen) atoms. The van der Waals surface area contributed by atoms with Crippen molar-refractivity contribution in [1.29, 1.82) is 0 Å². The Balaban J connectivity index is 2.31. The Hall–Kier alpha value is -3.11. The highest BCUT2D eigenvalue weighted by atomic mass is 19.4. The number of amides is 6. The highest BCUT2D eigenvalue weighted by Crippen LogP contribution is 2.34. The van der Waals surface area contributed by atoms with Crippen molar-refractivity contribution in [2.24, 2.45) is 5.73 Å². The first-order chi connectivity index (χ1) is 11.4. The number of imide groups is 2. The number of nitrogens with two attached hydrogens (primary N) is 1. The monoisotopic (exact) mass is 358 g/mol. The molecule has 1 aromatic carbocycles. The fourth-order valence-corrected chi connectivity index (χ4v) is 2.36. The highest BCUT2D eigenvalue weighted by molar-refractivity contribution is 6.10. The van der Waals surface area contributed by atoms with Gasteiger partial charge < -0.3 is 11.1 Å². The van der Waals surface area contributed by atoms with Crippen LogP contribution in [-0.2, 0) is 21.3 Å².